The van der Waals surface area contributed by atoms with E-state index in [0.717, 1.165) is 15.3 Å². The Morgan fingerprint density at radius 3 is 2.14 bits per heavy atom. The molecule has 1 aliphatic rings. The predicted molar refractivity (Wildman–Crippen MR) is 117 cm³/mol. The molecule has 0 aliphatic carbocycles. The van der Waals surface area contributed by atoms with Crippen LogP contribution in [0.25, 0.3) is 0 Å². The van der Waals surface area contributed by atoms with Gasteiger partial charge in [0.25, 0.3) is 0 Å². The third kappa shape index (κ3) is 5.74. The van der Waals surface area contributed by atoms with Gasteiger partial charge in [0.2, 0.25) is 5.91 Å². The van der Waals surface area contributed by atoms with E-state index in [1.54, 1.807) is 0 Å². The van der Waals surface area contributed by atoms with E-state index in [9.17, 15) is 41.0 Å². The van der Waals surface area contributed by atoms with Crippen molar-refractivity contribution in [3.05, 3.63) is 56.8 Å². The van der Waals surface area contributed by atoms with Crippen molar-refractivity contribution in [3.8, 4) is 0 Å². The Balaban J connectivity index is 1.94. The van der Waals surface area contributed by atoms with Crippen LogP contribution in [0.15, 0.2) is 29.6 Å². The molecule has 12 heteroatoms. The summed E-state index contributed by atoms with van der Waals surface area (Å²) >= 11 is 1.38. The SMILES string of the molecule is Cc1ccsc1C1CN(C(=O)O)CCC1C(=O)N(C)[C@@H](C)c1cc(C(F)(F)F)cc(C(F)(F)F)c1. The zero-order chi connectivity index (χ0) is 26.3. The molecule has 0 radical (unpaired) electrons. The van der Waals surface area contributed by atoms with Crippen LogP contribution in [0.3, 0.4) is 0 Å². The topological polar surface area (TPSA) is 60.9 Å². The minimum atomic E-state index is -5.00. The van der Waals surface area contributed by atoms with Crippen molar-refractivity contribution in [1.82, 2.24) is 9.80 Å². The lowest BCUT2D eigenvalue weighted by Gasteiger charge is -2.39. The standard InChI is InChI=1S/C23H24F6N2O3S/c1-12-5-7-35-19(12)18-11-31(21(33)34)6-4-17(18)20(32)30(3)13(2)14-8-15(22(24,25)26)10-16(9-14)23(27,28)29/h5,7-10,13,17-18H,4,6,11H2,1-3H3,(H,33,34)/t13-,17?,18?/m0/s1. The minimum Gasteiger partial charge on any atom is -0.465 e. The first kappa shape index (κ1) is 26.8. The Morgan fingerprint density at radius 2 is 1.69 bits per heavy atom. The largest absolute Gasteiger partial charge is 0.465 e. The summed E-state index contributed by atoms with van der Waals surface area (Å²) in [6, 6.07) is 2.05. The maximum Gasteiger partial charge on any atom is 0.416 e. The minimum absolute atomic E-state index is 0.0509. The Kier molecular flexibility index (Phi) is 7.45. The van der Waals surface area contributed by atoms with Gasteiger partial charge in [-0.3, -0.25) is 4.79 Å². The van der Waals surface area contributed by atoms with Crippen LogP contribution in [-0.2, 0) is 17.1 Å². The lowest BCUT2D eigenvalue weighted by Crippen LogP contribution is -2.47. The van der Waals surface area contributed by atoms with Gasteiger partial charge < -0.3 is 14.9 Å². The van der Waals surface area contributed by atoms with Crippen molar-refractivity contribution in [3.63, 3.8) is 0 Å². The van der Waals surface area contributed by atoms with E-state index in [4.69, 9.17) is 0 Å². The molecular weight excluding hydrogens is 498 g/mol. The van der Waals surface area contributed by atoms with Crippen molar-refractivity contribution in [2.24, 2.45) is 5.92 Å². The number of halogens is 6. The number of rotatable bonds is 4. The summed E-state index contributed by atoms with van der Waals surface area (Å²) < 4.78 is 79.8. The molecule has 1 aromatic carbocycles. The normalized spacial score (nSPS) is 20.0. The van der Waals surface area contributed by atoms with Crippen molar-refractivity contribution < 1.29 is 41.0 Å². The van der Waals surface area contributed by atoms with Crippen LogP contribution in [0.4, 0.5) is 31.1 Å². The van der Waals surface area contributed by atoms with Crippen molar-refractivity contribution in [2.75, 3.05) is 20.1 Å². The number of thiophene rings is 1. The third-order valence-corrected chi connectivity index (χ3v) is 7.61. The monoisotopic (exact) mass is 522 g/mol. The molecule has 2 aromatic rings. The van der Waals surface area contributed by atoms with E-state index in [2.05, 4.69) is 0 Å². The molecule has 1 N–H and O–H groups in total. The summed E-state index contributed by atoms with van der Waals surface area (Å²) in [4.78, 5) is 28.2. The number of aryl methyl sites for hydroxylation is 1. The van der Waals surface area contributed by atoms with Crippen LogP contribution in [0.2, 0.25) is 0 Å². The van der Waals surface area contributed by atoms with Gasteiger partial charge in [-0.25, -0.2) is 4.79 Å². The molecule has 5 nitrogen and oxygen atoms in total. The number of carboxylic acid groups (broad SMARTS) is 1. The van der Waals surface area contributed by atoms with Crippen LogP contribution in [0.5, 0.6) is 0 Å². The van der Waals surface area contributed by atoms with Crippen LogP contribution in [-0.4, -0.2) is 47.0 Å². The second-order valence-corrected chi connectivity index (χ2v) is 9.61. The average molecular weight is 523 g/mol. The van der Waals surface area contributed by atoms with E-state index in [-0.39, 0.29) is 31.1 Å². The number of carbonyl (C=O) groups is 2. The van der Waals surface area contributed by atoms with E-state index in [1.165, 1.54) is 30.2 Å². The number of piperidine rings is 1. The van der Waals surface area contributed by atoms with Gasteiger partial charge in [-0.2, -0.15) is 26.3 Å². The molecule has 35 heavy (non-hydrogen) atoms. The lowest BCUT2D eigenvalue weighted by atomic mass is 9.82. The highest BCUT2D eigenvalue weighted by molar-refractivity contribution is 7.10. The fourth-order valence-electron chi connectivity index (χ4n) is 4.35. The van der Waals surface area contributed by atoms with Gasteiger partial charge >= 0.3 is 18.4 Å². The number of alkyl halides is 6. The van der Waals surface area contributed by atoms with Crippen molar-refractivity contribution in [1.29, 1.82) is 0 Å². The molecule has 1 aliphatic heterocycles. The number of hydrogen-bond acceptors (Lipinski definition) is 3. The Hall–Kier alpha value is -2.76. The maximum atomic E-state index is 13.5. The zero-order valence-corrected chi connectivity index (χ0v) is 19.9. The van der Waals surface area contributed by atoms with Gasteiger partial charge in [0, 0.05) is 36.9 Å². The lowest BCUT2D eigenvalue weighted by molar-refractivity contribution is -0.143. The fraction of sp³-hybridized carbons (Fsp3) is 0.478. The van der Waals surface area contributed by atoms with E-state index in [1.807, 2.05) is 18.4 Å². The highest BCUT2D eigenvalue weighted by Crippen LogP contribution is 2.41. The molecule has 2 heterocycles. The Bertz CT molecular complexity index is 1070. The van der Waals surface area contributed by atoms with E-state index in [0.29, 0.717) is 12.1 Å². The first-order chi connectivity index (χ1) is 16.1. The van der Waals surface area contributed by atoms with Crippen molar-refractivity contribution >= 4 is 23.3 Å². The van der Waals surface area contributed by atoms with E-state index >= 15 is 0 Å². The maximum absolute atomic E-state index is 13.5. The molecule has 1 saturated heterocycles. The smallest absolute Gasteiger partial charge is 0.416 e. The fourth-order valence-corrected chi connectivity index (χ4v) is 5.43. The highest BCUT2D eigenvalue weighted by Gasteiger charge is 2.41. The number of nitrogens with zero attached hydrogens (tertiary/aromatic N) is 2. The molecular formula is C23H24F6N2O3S. The molecule has 0 saturated carbocycles. The summed E-state index contributed by atoms with van der Waals surface area (Å²) in [7, 11) is 1.34. The second-order valence-electron chi connectivity index (χ2n) is 8.66. The number of carbonyl (C=O) groups excluding carboxylic acids is 1. The van der Waals surface area contributed by atoms with Crippen molar-refractivity contribution in [2.45, 2.75) is 44.6 Å². The van der Waals surface area contributed by atoms with Crippen LogP contribution in [0.1, 0.15) is 52.4 Å². The first-order valence-electron chi connectivity index (χ1n) is 10.7. The van der Waals surface area contributed by atoms with Gasteiger partial charge in [-0.15, -0.1) is 11.3 Å². The van der Waals surface area contributed by atoms with Crippen LogP contribution in [0, 0.1) is 12.8 Å². The molecule has 1 fully saturated rings. The van der Waals surface area contributed by atoms with Gasteiger partial charge in [-0.05, 0) is 61.0 Å². The molecule has 3 rings (SSSR count). The summed E-state index contributed by atoms with van der Waals surface area (Å²) in [6.07, 6.45) is -10.9. The number of benzene rings is 1. The molecule has 0 spiro atoms. The Morgan fingerprint density at radius 1 is 1.11 bits per heavy atom. The predicted octanol–water partition coefficient (Wildman–Crippen LogP) is 6.40. The number of hydrogen-bond donors (Lipinski definition) is 1. The van der Waals surface area contributed by atoms with Gasteiger partial charge in [0.15, 0.2) is 0 Å². The summed E-state index contributed by atoms with van der Waals surface area (Å²) in [5.41, 5.74) is -2.31. The van der Waals surface area contributed by atoms with Gasteiger partial charge in [0.1, 0.15) is 0 Å². The molecule has 1 aromatic heterocycles. The molecule has 192 valence electrons. The molecule has 2 unspecified atom stereocenters. The summed E-state index contributed by atoms with van der Waals surface area (Å²) in [6.45, 7) is 3.36. The second kappa shape index (κ2) is 9.71. The number of amides is 2. The zero-order valence-electron chi connectivity index (χ0n) is 19.1. The summed E-state index contributed by atoms with van der Waals surface area (Å²) in [5, 5.41) is 11.2. The molecule has 0 bridgehead atoms. The Labute approximate surface area is 201 Å². The summed E-state index contributed by atoms with van der Waals surface area (Å²) in [5.74, 6) is -1.62. The first-order valence-corrected chi connectivity index (χ1v) is 11.6. The quantitative estimate of drug-likeness (QED) is 0.473. The van der Waals surface area contributed by atoms with Crippen LogP contribution < -0.4 is 0 Å². The number of likely N-dealkylation sites (tertiary alicyclic amines) is 1. The molecule has 2 amide bonds. The molecule has 3 atom stereocenters. The van der Waals surface area contributed by atoms with Gasteiger partial charge in [-0.1, -0.05) is 0 Å². The third-order valence-electron chi connectivity index (χ3n) is 6.46. The van der Waals surface area contributed by atoms with E-state index < -0.39 is 53.4 Å². The average Bonchev–Trinajstić information content (AvgIpc) is 3.21. The highest BCUT2D eigenvalue weighted by atomic mass is 32.1. The van der Waals surface area contributed by atoms with Crippen LogP contribution >= 0.6 is 11.3 Å². The van der Waals surface area contributed by atoms with Gasteiger partial charge in [0.05, 0.1) is 17.2 Å².